The monoisotopic (exact) mass is 334 g/mol. The van der Waals surface area contributed by atoms with Crippen LogP contribution in [0.3, 0.4) is 0 Å². The summed E-state index contributed by atoms with van der Waals surface area (Å²) in [5, 5.41) is 0.936. The first-order valence-corrected chi connectivity index (χ1v) is 8.24. The van der Waals surface area contributed by atoms with E-state index < -0.39 is 5.91 Å². The number of likely N-dealkylation sites (N-methyl/N-ethyl adjacent to an activating group) is 1. The maximum Gasteiger partial charge on any atom is 0.262 e. The van der Waals surface area contributed by atoms with E-state index in [0.717, 1.165) is 18.0 Å². The lowest BCUT2D eigenvalue weighted by Gasteiger charge is -2.15. The van der Waals surface area contributed by atoms with E-state index in [1.807, 2.05) is 36.2 Å². The molecular formula is C17H22N2O3S. The molecule has 0 radical (unpaired) electrons. The summed E-state index contributed by atoms with van der Waals surface area (Å²) in [5.41, 5.74) is 6.65. The molecule has 1 amide bonds. The Morgan fingerprint density at radius 1 is 1.26 bits per heavy atom. The fourth-order valence-corrected chi connectivity index (χ4v) is 3.03. The fraction of sp³-hybridized carbons (Fsp3) is 0.353. The van der Waals surface area contributed by atoms with Crippen molar-refractivity contribution >= 4 is 22.2 Å². The third-order valence-electron chi connectivity index (χ3n) is 3.41. The van der Waals surface area contributed by atoms with Gasteiger partial charge in [0.1, 0.15) is 10.6 Å². The van der Waals surface area contributed by atoms with Gasteiger partial charge in [0.05, 0.1) is 18.2 Å². The molecule has 6 heteroatoms. The van der Waals surface area contributed by atoms with Crippen molar-refractivity contribution in [1.82, 2.24) is 0 Å². The molecule has 0 unspecified atom stereocenters. The van der Waals surface area contributed by atoms with Gasteiger partial charge in [0.25, 0.3) is 5.91 Å². The fourth-order valence-electron chi connectivity index (χ4n) is 2.09. The van der Waals surface area contributed by atoms with Gasteiger partial charge in [-0.15, -0.1) is 11.3 Å². The summed E-state index contributed by atoms with van der Waals surface area (Å²) >= 11 is 1.34. The van der Waals surface area contributed by atoms with Crippen LogP contribution in [0.15, 0.2) is 36.4 Å². The summed E-state index contributed by atoms with van der Waals surface area (Å²) in [7, 11) is 3.61. The van der Waals surface area contributed by atoms with Gasteiger partial charge < -0.3 is 20.1 Å². The summed E-state index contributed by atoms with van der Waals surface area (Å²) in [5.74, 6) is 0.0915. The van der Waals surface area contributed by atoms with Gasteiger partial charge in [-0.05, 0) is 5.56 Å². The van der Waals surface area contributed by atoms with E-state index in [9.17, 15) is 4.79 Å². The first-order valence-electron chi connectivity index (χ1n) is 7.42. The maximum absolute atomic E-state index is 11.6. The van der Waals surface area contributed by atoms with Gasteiger partial charge in [-0.1, -0.05) is 30.3 Å². The molecule has 2 rings (SSSR count). The zero-order valence-electron chi connectivity index (χ0n) is 13.5. The predicted octanol–water partition coefficient (Wildman–Crippen LogP) is 2.55. The maximum atomic E-state index is 11.6. The largest absolute Gasteiger partial charge is 0.491 e. The van der Waals surface area contributed by atoms with Crippen molar-refractivity contribution in [2.75, 3.05) is 38.8 Å². The first-order chi connectivity index (χ1) is 11.1. The smallest absolute Gasteiger partial charge is 0.262 e. The molecule has 0 saturated heterocycles. The number of thiophene rings is 1. The molecule has 0 bridgehead atoms. The van der Waals surface area contributed by atoms with Crippen molar-refractivity contribution in [1.29, 1.82) is 0 Å². The van der Waals surface area contributed by atoms with Crippen LogP contribution in [0.1, 0.15) is 15.2 Å². The van der Waals surface area contributed by atoms with Gasteiger partial charge in [-0.25, -0.2) is 0 Å². The summed E-state index contributed by atoms with van der Waals surface area (Å²) in [6.07, 6.45) is 0.781. The Morgan fingerprint density at radius 3 is 2.65 bits per heavy atom. The van der Waals surface area contributed by atoms with Gasteiger partial charge in [0.2, 0.25) is 0 Å². The average molecular weight is 334 g/mol. The van der Waals surface area contributed by atoms with E-state index in [1.165, 1.54) is 16.9 Å². The van der Waals surface area contributed by atoms with Gasteiger partial charge >= 0.3 is 0 Å². The number of benzene rings is 1. The van der Waals surface area contributed by atoms with Crippen LogP contribution >= 0.6 is 11.3 Å². The van der Waals surface area contributed by atoms with Crippen LogP contribution in [0.4, 0.5) is 5.00 Å². The van der Waals surface area contributed by atoms with Gasteiger partial charge in [-0.2, -0.15) is 0 Å². The number of methoxy groups -OCH3 is 1. The Morgan fingerprint density at radius 2 is 2.00 bits per heavy atom. The number of anilines is 1. The van der Waals surface area contributed by atoms with Crippen LogP contribution in [-0.4, -0.2) is 39.8 Å². The Balaban J connectivity index is 2.01. The molecule has 0 fully saturated rings. The standard InChI is InChI=1S/C17H22N2O3S/c1-19(9-11-21-2)15-12-14(16(23-15)17(18)20)22-10-8-13-6-4-3-5-7-13/h3-7,12H,8-11H2,1-2H3,(H2,18,20). The zero-order chi connectivity index (χ0) is 16.7. The van der Waals surface area contributed by atoms with Crippen LogP contribution in [0.5, 0.6) is 5.75 Å². The minimum atomic E-state index is -0.462. The second-order valence-electron chi connectivity index (χ2n) is 5.14. The highest BCUT2D eigenvalue weighted by Gasteiger charge is 2.17. The summed E-state index contributed by atoms with van der Waals surface area (Å²) in [6.45, 7) is 1.85. The Bertz CT molecular complexity index is 628. The summed E-state index contributed by atoms with van der Waals surface area (Å²) in [4.78, 5) is 14.1. The zero-order valence-corrected chi connectivity index (χ0v) is 14.3. The van der Waals surface area contributed by atoms with E-state index >= 15 is 0 Å². The molecule has 124 valence electrons. The Labute approximate surface area is 140 Å². The van der Waals surface area contributed by atoms with Crippen molar-refractivity contribution in [2.24, 2.45) is 5.73 Å². The molecule has 2 aromatic rings. The van der Waals surface area contributed by atoms with Crippen LogP contribution in [-0.2, 0) is 11.2 Å². The molecule has 0 aliphatic carbocycles. The number of hydrogen-bond donors (Lipinski definition) is 1. The molecular weight excluding hydrogens is 312 g/mol. The minimum absolute atomic E-state index is 0.456. The van der Waals surface area contributed by atoms with Crippen LogP contribution in [0, 0.1) is 0 Å². The Kier molecular flexibility index (Phi) is 6.43. The minimum Gasteiger partial charge on any atom is -0.491 e. The number of hydrogen-bond acceptors (Lipinski definition) is 5. The normalized spacial score (nSPS) is 10.5. The lowest BCUT2D eigenvalue weighted by Crippen LogP contribution is -2.20. The number of primary amides is 1. The van der Waals surface area contributed by atoms with Crippen molar-refractivity contribution in [3.05, 3.63) is 46.8 Å². The van der Waals surface area contributed by atoms with E-state index in [0.29, 0.717) is 23.8 Å². The van der Waals surface area contributed by atoms with Crippen molar-refractivity contribution in [3.63, 3.8) is 0 Å². The van der Waals surface area contributed by atoms with E-state index in [1.54, 1.807) is 7.11 Å². The molecule has 0 aliphatic heterocycles. The van der Waals surface area contributed by atoms with Gasteiger partial charge in [0, 0.05) is 33.2 Å². The van der Waals surface area contributed by atoms with E-state index in [4.69, 9.17) is 15.2 Å². The number of nitrogens with two attached hydrogens (primary N) is 1. The van der Waals surface area contributed by atoms with Crippen LogP contribution < -0.4 is 15.4 Å². The van der Waals surface area contributed by atoms with Gasteiger partial charge in [0.15, 0.2) is 0 Å². The Hall–Kier alpha value is -2.05. The second-order valence-corrected chi connectivity index (χ2v) is 6.17. The number of carbonyl (C=O) groups is 1. The SMILES string of the molecule is COCCN(C)c1cc(OCCc2ccccc2)c(C(N)=O)s1. The molecule has 5 nitrogen and oxygen atoms in total. The number of nitrogens with zero attached hydrogens (tertiary/aromatic N) is 1. The second kappa shape index (κ2) is 8.55. The quantitative estimate of drug-likeness (QED) is 0.765. The number of carbonyl (C=O) groups excluding carboxylic acids is 1. The molecule has 0 spiro atoms. The first kappa shape index (κ1) is 17.3. The number of ether oxygens (including phenoxy) is 2. The van der Waals surface area contributed by atoms with Crippen molar-refractivity contribution in [3.8, 4) is 5.75 Å². The van der Waals surface area contributed by atoms with E-state index in [2.05, 4.69) is 12.1 Å². The summed E-state index contributed by atoms with van der Waals surface area (Å²) < 4.78 is 10.9. The van der Waals surface area contributed by atoms with Crippen LogP contribution in [0.2, 0.25) is 0 Å². The highest BCUT2D eigenvalue weighted by molar-refractivity contribution is 7.18. The molecule has 2 N–H and O–H groups in total. The third kappa shape index (κ3) is 4.97. The number of rotatable bonds is 9. The highest BCUT2D eigenvalue weighted by atomic mass is 32.1. The molecule has 23 heavy (non-hydrogen) atoms. The third-order valence-corrected chi connectivity index (χ3v) is 4.65. The van der Waals surface area contributed by atoms with E-state index in [-0.39, 0.29) is 0 Å². The predicted molar refractivity (Wildman–Crippen MR) is 93.6 cm³/mol. The molecule has 0 atom stereocenters. The highest BCUT2D eigenvalue weighted by Crippen LogP contribution is 2.35. The molecule has 1 aromatic heterocycles. The van der Waals surface area contributed by atoms with Crippen molar-refractivity contribution < 1.29 is 14.3 Å². The summed E-state index contributed by atoms with van der Waals surface area (Å²) in [6, 6.07) is 11.9. The van der Waals surface area contributed by atoms with Crippen LogP contribution in [0.25, 0.3) is 0 Å². The molecule has 0 saturated carbocycles. The molecule has 0 aliphatic rings. The average Bonchev–Trinajstić information content (AvgIpc) is 2.98. The lowest BCUT2D eigenvalue weighted by atomic mass is 10.2. The number of amides is 1. The topological polar surface area (TPSA) is 64.8 Å². The van der Waals surface area contributed by atoms with Gasteiger partial charge in [-0.3, -0.25) is 4.79 Å². The molecule has 1 heterocycles. The molecule has 1 aromatic carbocycles. The van der Waals surface area contributed by atoms with Crippen molar-refractivity contribution in [2.45, 2.75) is 6.42 Å². The lowest BCUT2D eigenvalue weighted by molar-refractivity contribution is 0.100.